The van der Waals surface area contributed by atoms with E-state index in [1.165, 1.54) is 26.5 Å². The fourth-order valence-electron chi connectivity index (χ4n) is 14.6. The molecule has 29 atom stereocenters. The van der Waals surface area contributed by atoms with Gasteiger partial charge < -0.3 is 98.4 Å². The Kier molecular flexibility index (Phi) is 16.9. The molecular weight excluding hydrogens is 979 g/mol. The molecule has 0 radical (unpaired) electrons. The lowest BCUT2D eigenvalue weighted by Gasteiger charge is -2.58. The lowest BCUT2D eigenvalue weighted by molar-refractivity contribution is -0.397. The van der Waals surface area contributed by atoms with Gasteiger partial charge in [0.15, 0.2) is 25.2 Å². The SMILES string of the molecule is CO[C@@]1(C(=O)O[C@H]2C[C@@H]3[C@H]4CC=C5C[C@@H](O[C@@H]6O[C@H](CO)[C@@H](O[C@@H]7O[C@@H](C)[C@H](O)[C@@H](O)[C@H]7O[C@@H]7OC[C@@H](O)[C@H](O)[C@H]7O)[C@H](O)[C@H]6O[C@H]6O[C@H](C)[C@@H](O)[C@H](O)[C@@H]6O)CC[C@]5(C)[C@@H]4CC[C@]3(C)[C@H]2C(C)=O)C[C@@H](C)CN1. The summed E-state index contributed by atoms with van der Waals surface area (Å²) in [5.41, 5.74) is -0.699. The van der Waals surface area contributed by atoms with Gasteiger partial charge in [0.1, 0.15) is 91.2 Å². The number of nitrogens with one attached hydrogen (secondary N) is 1. The number of hydrogen-bond acceptors (Lipinski definition) is 23. The minimum atomic E-state index is -1.82. The van der Waals surface area contributed by atoms with Crippen LogP contribution in [-0.2, 0) is 57.0 Å². The molecule has 8 fully saturated rings. The number of fused-ring (bicyclic) bond motifs is 5. The molecule has 23 heteroatoms. The molecule has 0 unspecified atom stereocenters. The zero-order chi connectivity index (χ0) is 53.5. The lowest BCUT2D eigenvalue weighted by atomic mass is 9.47. The summed E-state index contributed by atoms with van der Waals surface area (Å²) in [4.78, 5) is 27.4. The summed E-state index contributed by atoms with van der Waals surface area (Å²) in [6, 6.07) is 0. The van der Waals surface area contributed by atoms with Gasteiger partial charge in [-0.25, -0.2) is 4.79 Å². The molecule has 11 N–H and O–H groups in total. The molecule has 0 bridgehead atoms. The van der Waals surface area contributed by atoms with Crippen LogP contribution >= 0.6 is 0 Å². The van der Waals surface area contributed by atoms with E-state index in [1.807, 2.05) is 6.92 Å². The van der Waals surface area contributed by atoms with Crippen molar-refractivity contribution in [2.24, 2.45) is 40.4 Å². The Hall–Kier alpha value is -1.92. The van der Waals surface area contributed by atoms with Gasteiger partial charge in [0.2, 0.25) is 5.72 Å². The van der Waals surface area contributed by atoms with E-state index in [2.05, 4.69) is 25.2 Å². The highest BCUT2D eigenvalue weighted by Gasteiger charge is 2.64. The second-order valence-corrected chi connectivity index (χ2v) is 23.4. The first kappa shape index (κ1) is 56.8. The fraction of sp³-hybridized carbons (Fsp3) is 0.922. The summed E-state index contributed by atoms with van der Waals surface area (Å²) in [5.74, 6) is -0.140. The molecule has 0 spiro atoms. The number of aliphatic hydroxyl groups excluding tert-OH is 10. The minimum absolute atomic E-state index is 0.0101. The molecule has 5 saturated heterocycles. The van der Waals surface area contributed by atoms with Crippen LogP contribution in [0.1, 0.15) is 92.9 Å². The van der Waals surface area contributed by atoms with Crippen LogP contribution in [-0.4, -0.2) is 224 Å². The van der Waals surface area contributed by atoms with Gasteiger partial charge in [-0.1, -0.05) is 32.4 Å². The number of carbonyl (C=O) groups excluding carboxylic acids is 2. The zero-order valence-electron chi connectivity index (χ0n) is 43.2. The van der Waals surface area contributed by atoms with Gasteiger partial charge in [-0.15, -0.1) is 0 Å². The van der Waals surface area contributed by atoms with Gasteiger partial charge in [-0.2, -0.15) is 0 Å². The highest BCUT2D eigenvalue weighted by molar-refractivity contribution is 5.83. The van der Waals surface area contributed by atoms with Gasteiger partial charge in [-0.05, 0) is 100 Å². The van der Waals surface area contributed by atoms with E-state index < -0.39 is 160 Å². The summed E-state index contributed by atoms with van der Waals surface area (Å²) in [6.07, 6.45) is -23.6. The molecule has 5 aliphatic heterocycles. The summed E-state index contributed by atoms with van der Waals surface area (Å²) < 4.78 is 60.7. The molecule has 0 aromatic heterocycles. The normalized spacial score (nSPS) is 53.6. The largest absolute Gasteiger partial charge is 0.458 e. The molecule has 0 aromatic rings. The highest BCUT2D eigenvalue weighted by atomic mass is 16.8. The van der Waals surface area contributed by atoms with Crippen molar-refractivity contribution in [2.75, 3.05) is 26.9 Å². The summed E-state index contributed by atoms with van der Waals surface area (Å²) in [5, 5.41) is 112. The Bertz CT molecular complexity index is 2020. The number of allylic oxidation sites excluding steroid dienone is 1. The van der Waals surface area contributed by atoms with Crippen LogP contribution in [0.3, 0.4) is 0 Å². The Morgan fingerprint density at radius 2 is 1.36 bits per heavy atom. The Labute approximate surface area is 430 Å². The Morgan fingerprint density at radius 1 is 0.730 bits per heavy atom. The second kappa shape index (κ2) is 22.0. The lowest BCUT2D eigenvalue weighted by Crippen LogP contribution is -2.67. The first-order valence-corrected chi connectivity index (χ1v) is 26.6. The van der Waals surface area contributed by atoms with Gasteiger partial charge >= 0.3 is 5.97 Å². The minimum Gasteiger partial charge on any atom is -0.458 e. The van der Waals surface area contributed by atoms with Gasteiger partial charge in [0.25, 0.3) is 0 Å². The Balaban J connectivity index is 0.934. The molecular formula is C51H81NO22. The number of hydrogen-bond donors (Lipinski definition) is 11. The van der Waals surface area contributed by atoms with E-state index in [-0.39, 0.29) is 40.3 Å². The number of esters is 1. The van der Waals surface area contributed by atoms with Crippen LogP contribution in [0.5, 0.6) is 0 Å². The second-order valence-electron chi connectivity index (χ2n) is 23.4. The maximum Gasteiger partial charge on any atom is 0.354 e. The number of rotatable bonds is 13. The fourth-order valence-corrected chi connectivity index (χ4v) is 14.6. The molecule has 4 aliphatic carbocycles. The average Bonchev–Trinajstić information content (AvgIpc) is 3.91. The Morgan fingerprint density at radius 3 is 2.03 bits per heavy atom. The molecule has 9 rings (SSSR count). The first-order chi connectivity index (χ1) is 35.0. The van der Waals surface area contributed by atoms with Crippen molar-refractivity contribution in [1.29, 1.82) is 0 Å². The molecule has 5 heterocycles. The first-order valence-electron chi connectivity index (χ1n) is 26.6. The highest BCUT2D eigenvalue weighted by Crippen LogP contribution is 2.67. The van der Waals surface area contributed by atoms with Crippen LogP contribution in [0.2, 0.25) is 0 Å². The maximum absolute atomic E-state index is 13.8. The topological polar surface area (TPSA) is 341 Å². The van der Waals surface area contributed by atoms with E-state index in [0.717, 1.165) is 19.3 Å². The number of ketones is 1. The molecule has 3 saturated carbocycles. The molecule has 23 nitrogen and oxygen atoms in total. The van der Waals surface area contributed by atoms with E-state index in [9.17, 15) is 60.7 Å². The monoisotopic (exact) mass is 1060 g/mol. The van der Waals surface area contributed by atoms with Crippen LogP contribution in [0.4, 0.5) is 0 Å². The molecule has 0 aromatic carbocycles. The molecule has 0 amide bonds. The van der Waals surface area contributed by atoms with Crippen LogP contribution in [0, 0.1) is 40.4 Å². The predicted octanol–water partition coefficient (Wildman–Crippen LogP) is -2.00. The third-order valence-corrected chi connectivity index (χ3v) is 18.9. The van der Waals surface area contributed by atoms with Crippen molar-refractivity contribution in [3.05, 3.63) is 11.6 Å². The molecule has 422 valence electrons. The van der Waals surface area contributed by atoms with E-state index in [4.69, 9.17) is 47.4 Å². The average molecular weight is 1060 g/mol. The standard InChI is InChI=1S/C51H81NO22/c1-20-16-51(65-7,52-17-20)48(64)71-30-15-28-26-9-8-24-14-25(10-12-49(24,5)27(26)11-13-50(28,6)32(30)21(2)54)69-47-43(74-45-39(62)36(59)33(56)22(3)67-45)40(63)41(31(18-53)70-47)72-46-42(37(60)34(57)23(4)68-46)73-44-38(61)35(58)29(55)19-66-44/h8,20,22-23,25-47,52-53,55-63H,9-19H2,1-7H3/t20-,22-,23+,25+,26+,27-,28-,29-,30+,31-,32+,33-,34+,35+,36+,37-,38-,39+,40+,41-,42-,43-,44+,45-,46+,47-,49+,50+,51-/m1/s1. The third-order valence-electron chi connectivity index (χ3n) is 18.9. The number of methoxy groups -OCH3 is 1. The zero-order valence-corrected chi connectivity index (χ0v) is 43.2. The number of Topliss-reactive ketones (excluding diaryl/α,β-unsaturated/α-hetero) is 1. The summed E-state index contributed by atoms with van der Waals surface area (Å²) in [6.45, 7) is 10.4. The summed E-state index contributed by atoms with van der Waals surface area (Å²) in [7, 11) is 1.50. The smallest absolute Gasteiger partial charge is 0.354 e. The molecule has 9 aliphatic rings. The van der Waals surface area contributed by atoms with Crippen molar-refractivity contribution >= 4 is 11.8 Å². The van der Waals surface area contributed by atoms with Gasteiger partial charge in [-0.3, -0.25) is 10.1 Å². The van der Waals surface area contributed by atoms with E-state index in [0.29, 0.717) is 38.6 Å². The number of carbonyl (C=O) groups is 2. The van der Waals surface area contributed by atoms with Crippen LogP contribution in [0.15, 0.2) is 11.6 Å². The van der Waals surface area contributed by atoms with Crippen LogP contribution < -0.4 is 5.32 Å². The van der Waals surface area contributed by atoms with Crippen molar-refractivity contribution in [2.45, 2.75) is 228 Å². The predicted molar refractivity (Wildman–Crippen MR) is 250 cm³/mol. The van der Waals surface area contributed by atoms with Crippen molar-refractivity contribution in [1.82, 2.24) is 5.32 Å². The van der Waals surface area contributed by atoms with Crippen molar-refractivity contribution < 1.29 is 108 Å². The van der Waals surface area contributed by atoms with Crippen LogP contribution in [0.25, 0.3) is 0 Å². The number of aliphatic hydroxyl groups is 10. The van der Waals surface area contributed by atoms with Gasteiger partial charge in [0.05, 0.1) is 37.4 Å². The van der Waals surface area contributed by atoms with Crippen molar-refractivity contribution in [3.8, 4) is 0 Å². The van der Waals surface area contributed by atoms with E-state index >= 15 is 0 Å². The molecule has 74 heavy (non-hydrogen) atoms. The quantitative estimate of drug-likeness (QED) is 0.0702. The number of ether oxygens (including phenoxy) is 10. The van der Waals surface area contributed by atoms with E-state index in [1.54, 1.807) is 6.92 Å². The maximum atomic E-state index is 13.8. The van der Waals surface area contributed by atoms with Crippen molar-refractivity contribution in [3.63, 3.8) is 0 Å². The summed E-state index contributed by atoms with van der Waals surface area (Å²) >= 11 is 0. The van der Waals surface area contributed by atoms with Gasteiger partial charge in [0, 0.05) is 20.1 Å². The third kappa shape index (κ3) is 10.1.